The van der Waals surface area contributed by atoms with Crippen molar-refractivity contribution in [3.63, 3.8) is 0 Å². The van der Waals surface area contributed by atoms with Gasteiger partial charge in [0.05, 0.1) is 24.7 Å². The lowest BCUT2D eigenvalue weighted by Gasteiger charge is -2.23. The summed E-state index contributed by atoms with van der Waals surface area (Å²) in [6.07, 6.45) is 1.66. The van der Waals surface area contributed by atoms with Gasteiger partial charge in [-0.1, -0.05) is 11.6 Å². The molecule has 0 saturated carbocycles. The molecule has 0 spiro atoms. The van der Waals surface area contributed by atoms with E-state index in [4.69, 9.17) is 21.1 Å². The van der Waals surface area contributed by atoms with Crippen LogP contribution in [0.5, 0.6) is 11.5 Å². The highest BCUT2D eigenvalue weighted by Gasteiger charge is 2.18. The van der Waals surface area contributed by atoms with E-state index in [2.05, 4.69) is 0 Å². The van der Waals surface area contributed by atoms with Crippen molar-refractivity contribution in [2.75, 3.05) is 7.11 Å². The first-order valence-corrected chi connectivity index (χ1v) is 5.79. The second-order valence-corrected chi connectivity index (χ2v) is 4.40. The summed E-state index contributed by atoms with van der Waals surface area (Å²) in [7, 11) is 1.47. The van der Waals surface area contributed by atoms with Crippen molar-refractivity contribution in [1.29, 1.82) is 0 Å². The summed E-state index contributed by atoms with van der Waals surface area (Å²) in [6, 6.07) is 6.89. The lowest BCUT2D eigenvalue weighted by Crippen LogP contribution is -2.19. The number of ether oxygens (including phenoxy) is 2. The van der Waals surface area contributed by atoms with E-state index in [1.807, 2.05) is 10.6 Å². The Bertz CT molecular complexity index is 678. The summed E-state index contributed by atoms with van der Waals surface area (Å²) in [5.41, 5.74) is 1.43. The van der Waals surface area contributed by atoms with Crippen molar-refractivity contribution in [3.8, 4) is 17.2 Å². The Morgan fingerprint density at radius 3 is 3.00 bits per heavy atom. The first kappa shape index (κ1) is 11.2. The summed E-state index contributed by atoms with van der Waals surface area (Å²) in [4.78, 5) is 11.7. The third-order valence-electron chi connectivity index (χ3n) is 2.87. The van der Waals surface area contributed by atoms with Crippen molar-refractivity contribution in [3.05, 3.63) is 51.4 Å². The Hall–Kier alpha value is -1.94. The quantitative estimate of drug-likeness (QED) is 0.793. The van der Waals surface area contributed by atoms with E-state index in [0.29, 0.717) is 17.4 Å². The number of rotatable bonds is 1. The molecule has 0 fully saturated rings. The van der Waals surface area contributed by atoms with E-state index in [1.54, 1.807) is 18.3 Å². The van der Waals surface area contributed by atoms with Crippen LogP contribution in [0.2, 0.25) is 5.02 Å². The molecule has 2 heterocycles. The lowest BCUT2D eigenvalue weighted by molar-refractivity contribution is 0.282. The van der Waals surface area contributed by atoms with Crippen LogP contribution in [0.1, 0.15) is 5.69 Å². The maximum absolute atomic E-state index is 11.7. The van der Waals surface area contributed by atoms with Crippen LogP contribution in [0.25, 0.3) is 5.69 Å². The number of halogens is 1. The lowest BCUT2D eigenvalue weighted by atomic mass is 10.2. The van der Waals surface area contributed by atoms with Crippen LogP contribution in [-0.4, -0.2) is 11.7 Å². The molecule has 1 aromatic heterocycles. The molecule has 18 heavy (non-hydrogen) atoms. The van der Waals surface area contributed by atoms with Crippen LogP contribution in [-0.2, 0) is 6.61 Å². The molecule has 5 heteroatoms. The molecule has 0 bridgehead atoms. The van der Waals surface area contributed by atoms with Gasteiger partial charge in [-0.15, -0.1) is 0 Å². The van der Waals surface area contributed by atoms with Gasteiger partial charge in [0.1, 0.15) is 12.4 Å². The molecule has 0 radical (unpaired) electrons. The molecule has 92 valence electrons. The standard InChI is InChI=1S/C13H10ClNO3/c1-17-13-6-15-9(5-11(13)16)7-18-12-3-2-8(14)4-10(12)15/h2-6H,7H2,1H3. The van der Waals surface area contributed by atoms with Crippen LogP contribution in [0.4, 0.5) is 0 Å². The number of hydrogen-bond acceptors (Lipinski definition) is 3. The normalized spacial score (nSPS) is 12.3. The molecule has 0 aliphatic carbocycles. The van der Waals surface area contributed by atoms with Crippen molar-refractivity contribution in [2.24, 2.45) is 0 Å². The van der Waals surface area contributed by atoms with Gasteiger partial charge >= 0.3 is 0 Å². The van der Waals surface area contributed by atoms with Crippen molar-refractivity contribution in [2.45, 2.75) is 6.61 Å². The molecule has 1 aliphatic heterocycles. The number of nitrogens with zero attached hydrogens (tertiary/aromatic N) is 1. The van der Waals surface area contributed by atoms with Crippen LogP contribution in [0.3, 0.4) is 0 Å². The highest BCUT2D eigenvalue weighted by atomic mass is 35.5. The van der Waals surface area contributed by atoms with E-state index in [1.165, 1.54) is 13.2 Å². The van der Waals surface area contributed by atoms with Crippen molar-refractivity contribution >= 4 is 11.6 Å². The minimum Gasteiger partial charge on any atom is -0.491 e. The summed E-state index contributed by atoms with van der Waals surface area (Å²) < 4.78 is 12.5. The molecule has 1 aliphatic rings. The first-order valence-electron chi connectivity index (χ1n) is 5.41. The maximum Gasteiger partial charge on any atom is 0.223 e. The highest BCUT2D eigenvalue weighted by molar-refractivity contribution is 6.30. The number of pyridine rings is 1. The van der Waals surface area contributed by atoms with Gasteiger partial charge in [0.15, 0.2) is 5.75 Å². The second-order valence-electron chi connectivity index (χ2n) is 3.97. The minimum absolute atomic E-state index is 0.155. The molecular weight excluding hydrogens is 254 g/mol. The summed E-state index contributed by atoms with van der Waals surface area (Å²) in [5, 5.41) is 0.614. The zero-order chi connectivity index (χ0) is 12.7. The number of fused-ring (bicyclic) bond motifs is 3. The monoisotopic (exact) mass is 263 g/mol. The van der Waals surface area contributed by atoms with Gasteiger partial charge in [0, 0.05) is 11.1 Å². The predicted octanol–water partition coefficient (Wildman–Crippen LogP) is 2.39. The Morgan fingerprint density at radius 2 is 2.22 bits per heavy atom. The first-order chi connectivity index (χ1) is 8.69. The largest absolute Gasteiger partial charge is 0.491 e. The van der Waals surface area contributed by atoms with Gasteiger partial charge in [-0.05, 0) is 18.2 Å². The van der Waals surface area contributed by atoms with Crippen LogP contribution in [0, 0.1) is 0 Å². The van der Waals surface area contributed by atoms with E-state index >= 15 is 0 Å². The van der Waals surface area contributed by atoms with Crippen molar-refractivity contribution in [1.82, 2.24) is 4.57 Å². The zero-order valence-corrected chi connectivity index (χ0v) is 10.4. The Balaban J connectivity index is 2.28. The van der Waals surface area contributed by atoms with Crippen LogP contribution in [0.15, 0.2) is 35.3 Å². The second kappa shape index (κ2) is 4.07. The average Bonchev–Trinajstić information content (AvgIpc) is 2.37. The van der Waals surface area contributed by atoms with Crippen LogP contribution >= 0.6 is 11.6 Å². The van der Waals surface area contributed by atoms with Crippen LogP contribution < -0.4 is 14.9 Å². The molecular formula is C13H10ClNO3. The molecule has 0 atom stereocenters. The molecule has 0 N–H and O–H groups in total. The molecule has 3 rings (SSSR count). The molecule has 0 saturated heterocycles. The maximum atomic E-state index is 11.7. The minimum atomic E-state index is -0.155. The fourth-order valence-corrected chi connectivity index (χ4v) is 2.16. The predicted molar refractivity (Wildman–Crippen MR) is 67.9 cm³/mol. The number of aromatic nitrogens is 1. The van der Waals surface area contributed by atoms with E-state index in [9.17, 15) is 4.79 Å². The van der Waals surface area contributed by atoms with Gasteiger partial charge in [0.25, 0.3) is 0 Å². The average molecular weight is 264 g/mol. The van der Waals surface area contributed by atoms with E-state index < -0.39 is 0 Å². The Morgan fingerprint density at radius 1 is 1.39 bits per heavy atom. The molecule has 4 nitrogen and oxygen atoms in total. The van der Waals surface area contributed by atoms with Gasteiger partial charge in [-0.25, -0.2) is 0 Å². The van der Waals surface area contributed by atoms with Gasteiger partial charge in [-0.3, -0.25) is 4.79 Å². The summed E-state index contributed by atoms with van der Waals surface area (Å²) in [6.45, 7) is 0.355. The van der Waals surface area contributed by atoms with E-state index in [0.717, 1.165) is 17.1 Å². The van der Waals surface area contributed by atoms with E-state index in [-0.39, 0.29) is 5.43 Å². The number of methoxy groups -OCH3 is 1. The molecule has 0 amide bonds. The van der Waals surface area contributed by atoms with Gasteiger partial charge in [-0.2, -0.15) is 0 Å². The zero-order valence-electron chi connectivity index (χ0n) is 9.64. The summed E-state index contributed by atoms with van der Waals surface area (Å²) >= 11 is 5.99. The topological polar surface area (TPSA) is 40.5 Å². The third-order valence-corrected chi connectivity index (χ3v) is 3.11. The molecule has 1 aromatic carbocycles. The van der Waals surface area contributed by atoms with Gasteiger partial charge in [0.2, 0.25) is 5.43 Å². The smallest absolute Gasteiger partial charge is 0.223 e. The fraction of sp³-hybridized carbons (Fsp3) is 0.154. The molecule has 0 unspecified atom stereocenters. The Kier molecular flexibility index (Phi) is 2.52. The summed E-state index contributed by atoms with van der Waals surface area (Å²) in [5.74, 6) is 1.03. The number of hydrogen-bond donors (Lipinski definition) is 0. The molecule has 2 aromatic rings. The van der Waals surface area contributed by atoms with Gasteiger partial charge < -0.3 is 14.0 Å². The third kappa shape index (κ3) is 1.66. The number of benzene rings is 1. The highest BCUT2D eigenvalue weighted by Crippen LogP contribution is 2.32. The SMILES string of the molecule is COc1cn2c(cc1=O)COc1ccc(Cl)cc1-2. The fourth-order valence-electron chi connectivity index (χ4n) is 2.00. The van der Waals surface area contributed by atoms with Crippen molar-refractivity contribution < 1.29 is 9.47 Å². The Labute approximate surface area is 108 Å².